The fraction of sp³-hybridized carbons (Fsp3) is 0.643. The molecular formula is C14H21NO3. The molecule has 1 saturated carbocycles. The number of aliphatic carboxylic acids is 1. The number of aryl methyl sites for hydroxylation is 2. The Balaban J connectivity index is 2.10. The lowest BCUT2D eigenvalue weighted by Crippen LogP contribution is -2.31. The van der Waals surface area contributed by atoms with Crippen LogP contribution in [0.1, 0.15) is 49.3 Å². The fourth-order valence-electron chi connectivity index (χ4n) is 2.57. The molecule has 1 fully saturated rings. The molecule has 1 aromatic rings. The van der Waals surface area contributed by atoms with Gasteiger partial charge in [0.15, 0.2) is 0 Å². The molecule has 0 radical (unpaired) electrons. The van der Waals surface area contributed by atoms with Crippen LogP contribution >= 0.6 is 0 Å². The van der Waals surface area contributed by atoms with E-state index in [0.29, 0.717) is 12.6 Å². The van der Waals surface area contributed by atoms with Crippen LogP contribution in [-0.2, 0) is 4.79 Å². The third-order valence-electron chi connectivity index (χ3n) is 3.63. The summed E-state index contributed by atoms with van der Waals surface area (Å²) in [6.45, 7) is 6.67. The monoisotopic (exact) mass is 251 g/mol. The molecule has 1 aliphatic rings. The molecule has 0 aromatic carbocycles. The topological polar surface area (TPSA) is 53.7 Å². The van der Waals surface area contributed by atoms with Crippen molar-refractivity contribution in [2.24, 2.45) is 0 Å². The van der Waals surface area contributed by atoms with Crippen molar-refractivity contribution >= 4 is 5.97 Å². The Bertz CT molecular complexity index is 434. The van der Waals surface area contributed by atoms with Crippen LogP contribution in [0.3, 0.4) is 0 Å². The fourth-order valence-corrected chi connectivity index (χ4v) is 2.57. The predicted molar refractivity (Wildman–Crippen MR) is 68.6 cm³/mol. The van der Waals surface area contributed by atoms with E-state index in [1.165, 1.54) is 18.4 Å². The first kappa shape index (κ1) is 13.1. The van der Waals surface area contributed by atoms with Gasteiger partial charge in [-0.1, -0.05) is 0 Å². The van der Waals surface area contributed by atoms with Crippen LogP contribution in [-0.4, -0.2) is 28.6 Å². The molecule has 2 rings (SSSR count). The largest absolute Gasteiger partial charge is 0.481 e. The lowest BCUT2D eigenvalue weighted by molar-refractivity contribution is -0.137. The first-order valence-electron chi connectivity index (χ1n) is 6.53. The van der Waals surface area contributed by atoms with Crippen molar-refractivity contribution in [3.05, 3.63) is 23.2 Å². The van der Waals surface area contributed by atoms with Crippen LogP contribution in [0, 0.1) is 13.8 Å². The second-order valence-corrected chi connectivity index (χ2v) is 5.16. The Morgan fingerprint density at radius 2 is 2.22 bits per heavy atom. The Kier molecular flexibility index (Phi) is 3.76. The average Bonchev–Trinajstić information content (AvgIpc) is 3.04. The molecule has 1 heterocycles. The van der Waals surface area contributed by atoms with Crippen molar-refractivity contribution in [2.45, 2.75) is 52.1 Å². The summed E-state index contributed by atoms with van der Waals surface area (Å²) < 4.78 is 5.57. The number of carbonyl (C=O) groups is 1. The molecule has 1 N–H and O–H groups in total. The maximum Gasteiger partial charge on any atom is 0.304 e. The van der Waals surface area contributed by atoms with Gasteiger partial charge in [-0.15, -0.1) is 0 Å². The molecule has 0 aliphatic heterocycles. The van der Waals surface area contributed by atoms with E-state index in [9.17, 15) is 4.79 Å². The van der Waals surface area contributed by atoms with E-state index in [1.54, 1.807) is 0 Å². The second-order valence-electron chi connectivity index (χ2n) is 5.16. The summed E-state index contributed by atoms with van der Waals surface area (Å²) >= 11 is 0. The van der Waals surface area contributed by atoms with Gasteiger partial charge in [-0.05, 0) is 39.7 Å². The first-order valence-corrected chi connectivity index (χ1v) is 6.53. The minimum Gasteiger partial charge on any atom is -0.481 e. The Hall–Kier alpha value is -1.29. The van der Waals surface area contributed by atoms with Gasteiger partial charge < -0.3 is 9.52 Å². The zero-order chi connectivity index (χ0) is 13.3. The zero-order valence-electron chi connectivity index (χ0n) is 11.3. The molecule has 1 atom stereocenters. The summed E-state index contributed by atoms with van der Waals surface area (Å²) in [7, 11) is 0. The van der Waals surface area contributed by atoms with Gasteiger partial charge in [-0.25, -0.2) is 0 Å². The smallest absolute Gasteiger partial charge is 0.304 e. The molecule has 4 nitrogen and oxygen atoms in total. The minimum atomic E-state index is -0.729. The highest BCUT2D eigenvalue weighted by molar-refractivity contribution is 5.66. The van der Waals surface area contributed by atoms with Gasteiger partial charge in [-0.3, -0.25) is 9.69 Å². The van der Waals surface area contributed by atoms with Gasteiger partial charge in [0, 0.05) is 24.2 Å². The van der Waals surface area contributed by atoms with Crippen LogP contribution < -0.4 is 0 Å². The maximum atomic E-state index is 10.7. The Morgan fingerprint density at radius 1 is 1.56 bits per heavy atom. The number of carboxylic acids is 1. The molecule has 1 unspecified atom stereocenters. The van der Waals surface area contributed by atoms with Crippen molar-refractivity contribution in [1.29, 1.82) is 0 Å². The SMILES string of the molecule is Cc1cc(C(C)N(CCC(=O)O)C2CC2)c(C)o1. The molecular weight excluding hydrogens is 230 g/mol. The van der Waals surface area contributed by atoms with Gasteiger partial charge in [0.05, 0.1) is 6.42 Å². The molecule has 0 spiro atoms. The zero-order valence-corrected chi connectivity index (χ0v) is 11.3. The van der Waals surface area contributed by atoms with Crippen LogP contribution in [0.2, 0.25) is 0 Å². The molecule has 0 saturated heterocycles. The van der Waals surface area contributed by atoms with E-state index >= 15 is 0 Å². The summed E-state index contributed by atoms with van der Waals surface area (Å²) in [5.74, 6) is 1.14. The van der Waals surface area contributed by atoms with E-state index in [4.69, 9.17) is 9.52 Å². The van der Waals surface area contributed by atoms with E-state index in [2.05, 4.69) is 17.9 Å². The van der Waals surface area contributed by atoms with Crippen molar-refractivity contribution in [2.75, 3.05) is 6.54 Å². The second kappa shape index (κ2) is 5.14. The highest BCUT2D eigenvalue weighted by Gasteiger charge is 2.33. The van der Waals surface area contributed by atoms with Crippen LogP contribution in [0.5, 0.6) is 0 Å². The van der Waals surface area contributed by atoms with Gasteiger partial charge in [0.1, 0.15) is 11.5 Å². The standard InChI is InChI=1S/C14H21NO3/c1-9-8-13(11(3)18-9)10(2)15(12-4-5-12)7-6-14(16)17/h8,10,12H,4-7H2,1-3H3,(H,16,17). The molecule has 0 amide bonds. The van der Waals surface area contributed by atoms with E-state index in [0.717, 1.165) is 11.5 Å². The van der Waals surface area contributed by atoms with E-state index in [-0.39, 0.29) is 12.5 Å². The van der Waals surface area contributed by atoms with Gasteiger partial charge in [0.2, 0.25) is 0 Å². The average molecular weight is 251 g/mol. The normalized spacial score (nSPS) is 17.1. The summed E-state index contributed by atoms with van der Waals surface area (Å²) in [5.41, 5.74) is 1.18. The molecule has 100 valence electrons. The highest BCUT2D eigenvalue weighted by atomic mass is 16.4. The van der Waals surface area contributed by atoms with Crippen molar-refractivity contribution in [1.82, 2.24) is 4.90 Å². The third-order valence-corrected chi connectivity index (χ3v) is 3.63. The van der Waals surface area contributed by atoms with E-state index < -0.39 is 5.97 Å². The molecule has 1 aliphatic carbocycles. The third kappa shape index (κ3) is 2.93. The van der Waals surface area contributed by atoms with Crippen molar-refractivity contribution < 1.29 is 14.3 Å². The Labute approximate surface area is 108 Å². The number of hydrogen-bond donors (Lipinski definition) is 1. The Morgan fingerprint density at radius 3 is 2.67 bits per heavy atom. The van der Waals surface area contributed by atoms with Crippen molar-refractivity contribution in [3.8, 4) is 0 Å². The van der Waals surface area contributed by atoms with Crippen LogP contribution in [0.25, 0.3) is 0 Å². The van der Waals surface area contributed by atoms with Crippen LogP contribution in [0.4, 0.5) is 0 Å². The quantitative estimate of drug-likeness (QED) is 0.844. The van der Waals surface area contributed by atoms with Gasteiger partial charge >= 0.3 is 5.97 Å². The summed E-state index contributed by atoms with van der Waals surface area (Å²) in [5, 5.41) is 8.83. The number of hydrogen-bond acceptors (Lipinski definition) is 3. The van der Waals surface area contributed by atoms with Gasteiger partial charge in [-0.2, -0.15) is 0 Å². The molecule has 18 heavy (non-hydrogen) atoms. The lowest BCUT2D eigenvalue weighted by atomic mass is 10.1. The summed E-state index contributed by atoms with van der Waals surface area (Å²) in [6, 6.07) is 2.85. The van der Waals surface area contributed by atoms with Gasteiger partial charge in [0.25, 0.3) is 0 Å². The summed E-state index contributed by atoms with van der Waals surface area (Å²) in [6.07, 6.45) is 2.57. The first-order chi connectivity index (χ1) is 8.49. The number of carboxylic acid groups (broad SMARTS) is 1. The van der Waals surface area contributed by atoms with Crippen molar-refractivity contribution in [3.63, 3.8) is 0 Å². The van der Waals surface area contributed by atoms with E-state index in [1.807, 2.05) is 13.8 Å². The highest BCUT2D eigenvalue weighted by Crippen LogP contribution is 2.36. The van der Waals surface area contributed by atoms with Crippen LogP contribution in [0.15, 0.2) is 10.5 Å². The minimum absolute atomic E-state index is 0.205. The molecule has 4 heteroatoms. The summed E-state index contributed by atoms with van der Waals surface area (Å²) in [4.78, 5) is 13.0. The maximum absolute atomic E-state index is 10.7. The predicted octanol–water partition coefficient (Wildman–Crippen LogP) is 2.90. The number of nitrogens with zero attached hydrogens (tertiary/aromatic N) is 1. The number of furan rings is 1. The molecule has 1 aromatic heterocycles. The molecule has 0 bridgehead atoms. The number of rotatable bonds is 6. The lowest BCUT2D eigenvalue weighted by Gasteiger charge is -2.28.